The van der Waals surface area contributed by atoms with Gasteiger partial charge in [0, 0.05) is 12.6 Å². The first-order chi connectivity index (χ1) is 8.08. The summed E-state index contributed by atoms with van der Waals surface area (Å²) < 4.78 is 1.55. The van der Waals surface area contributed by atoms with Crippen LogP contribution in [0.3, 0.4) is 0 Å². The zero-order valence-corrected chi connectivity index (χ0v) is 9.29. The third-order valence-corrected chi connectivity index (χ3v) is 2.56. The standard InChI is InChI=1S/C12H12N2O3/c1-14-11(6-12(16)17)10(7-13-14)8-2-4-9(15)5-3-8/h2-5,7,15H,6H2,1H3,(H,16,17). The van der Waals surface area contributed by atoms with Gasteiger partial charge in [-0.2, -0.15) is 5.10 Å². The number of phenols is 1. The molecule has 2 rings (SSSR count). The molecule has 0 spiro atoms. The molecule has 0 aliphatic carbocycles. The van der Waals surface area contributed by atoms with Crippen LogP contribution in [-0.4, -0.2) is 26.0 Å². The second kappa shape index (κ2) is 4.29. The van der Waals surface area contributed by atoms with Crippen LogP contribution in [0.25, 0.3) is 11.1 Å². The van der Waals surface area contributed by atoms with Crippen LogP contribution in [0.15, 0.2) is 30.5 Å². The van der Waals surface area contributed by atoms with E-state index in [9.17, 15) is 9.90 Å². The molecule has 0 radical (unpaired) electrons. The normalized spacial score (nSPS) is 10.4. The van der Waals surface area contributed by atoms with Crippen LogP contribution in [0.2, 0.25) is 0 Å². The summed E-state index contributed by atoms with van der Waals surface area (Å²) >= 11 is 0. The van der Waals surface area contributed by atoms with Gasteiger partial charge in [-0.3, -0.25) is 9.48 Å². The highest BCUT2D eigenvalue weighted by atomic mass is 16.4. The summed E-state index contributed by atoms with van der Waals surface area (Å²) in [7, 11) is 1.71. The Balaban J connectivity index is 2.45. The van der Waals surface area contributed by atoms with Crippen molar-refractivity contribution in [2.45, 2.75) is 6.42 Å². The van der Waals surface area contributed by atoms with E-state index in [4.69, 9.17) is 5.11 Å². The smallest absolute Gasteiger partial charge is 0.309 e. The molecule has 0 saturated heterocycles. The van der Waals surface area contributed by atoms with Gasteiger partial charge >= 0.3 is 5.97 Å². The molecule has 0 bridgehead atoms. The lowest BCUT2D eigenvalue weighted by molar-refractivity contribution is -0.136. The van der Waals surface area contributed by atoms with Crippen molar-refractivity contribution in [1.82, 2.24) is 9.78 Å². The Bertz CT molecular complexity index is 543. The molecule has 0 fully saturated rings. The van der Waals surface area contributed by atoms with Crippen molar-refractivity contribution >= 4 is 5.97 Å². The summed E-state index contributed by atoms with van der Waals surface area (Å²) in [5.41, 5.74) is 2.25. The number of carbonyl (C=O) groups is 1. The Morgan fingerprint density at radius 2 is 2.00 bits per heavy atom. The maximum absolute atomic E-state index is 10.8. The number of rotatable bonds is 3. The van der Waals surface area contributed by atoms with E-state index in [0.717, 1.165) is 11.1 Å². The summed E-state index contributed by atoms with van der Waals surface area (Å²) in [6.07, 6.45) is 1.55. The molecule has 1 aromatic carbocycles. The molecule has 5 nitrogen and oxygen atoms in total. The monoisotopic (exact) mass is 232 g/mol. The SMILES string of the molecule is Cn1ncc(-c2ccc(O)cc2)c1CC(=O)O. The molecule has 1 heterocycles. The van der Waals surface area contributed by atoms with Crippen molar-refractivity contribution in [2.24, 2.45) is 7.05 Å². The van der Waals surface area contributed by atoms with E-state index in [1.807, 2.05) is 0 Å². The fourth-order valence-electron chi connectivity index (χ4n) is 1.70. The summed E-state index contributed by atoms with van der Waals surface area (Å²) in [4.78, 5) is 10.8. The zero-order valence-electron chi connectivity index (χ0n) is 9.29. The number of nitrogens with zero attached hydrogens (tertiary/aromatic N) is 2. The summed E-state index contributed by atoms with van der Waals surface area (Å²) in [6, 6.07) is 6.59. The molecule has 2 N–H and O–H groups in total. The first-order valence-electron chi connectivity index (χ1n) is 5.10. The van der Waals surface area contributed by atoms with E-state index in [-0.39, 0.29) is 12.2 Å². The van der Waals surface area contributed by atoms with Gasteiger partial charge in [0.25, 0.3) is 0 Å². The number of benzene rings is 1. The van der Waals surface area contributed by atoms with E-state index in [0.29, 0.717) is 5.69 Å². The van der Waals surface area contributed by atoms with Gasteiger partial charge < -0.3 is 10.2 Å². The first kappa shape index (κ1) is 11.2. The second-order valence-corrected chi connectivity index (χ2v) is 3.75. The second-order valence-electron chi connectivity index (χ2n) is 3.75. The third kappa shape index (κ3) is 2.28. The molecule has 5 heteroatoms. The molecule has 0 atom stereocenters. The Morgan fingerprint density at radius 3 is 2.59 bits per heavy atom. The van der Waals surface area contributed by atoms with Gasteiger partial charge in [0.15, 0.2) is 0 Å². The largest absolute Gasteiger partial charge is 0.508 e. The van der Waals surface area contributed by atoms with Crippen molar-refractivity contribution < 1.29 is 15.0 Å². The van der Waals surface area contributed by atoms with E-state index in [1.165, 1.54) is 0 Å². The van der Waals surface area contributed by atoms with Crippen molar-refractivity contribution in [2.75, 3.05) is 0 Å². The molecule has 88 valence electrons. The number of hydrogen-bond acceptors (Lipinski definition) is 3. The van der Waals surface area contributed by atoms with E-state index in [1.54, 1.807) is 42.2 Å². The highest BCUT2D eigenvalue weighted by molar-refractivity contribution is 5.75. The van der Waals surface area contributed by atoms with Gasteiger partial charge in [-0.15, -0.1) is 0 Å². The molecule has 0 aliphatic heterocycles. The van der Waals surface area contributed by atoms with Crippen LogP contribution >= 0.6 is 0 Å². The lowest BCUT2D eigenvalue weighted by Crippen LogP contribution is -2.07. The van der Waals surface area contributed by atoms with Crippen LogP contribution in [0.4, 0.5) is 0 Å². The molecule has 0 amide bonds. The van der Waals surface area contributed by atoms with Crippen LogP contribution in [0.1, 0.15) is 5.69 Å². The number of aliphatic carboxylic acids is 1. The predicted octanol–water partition coefficient (Wildman–Crippen LogP) is 1.42. The van der Waals surface area contributed by atoms with Gasteiger partial charge in [-0.1, -0.05) is 12.1 Å². The summed E-state index contributed by atoms with van der Waals surface area (Å²) in [5, 5.41) is 22.1. The number of phenolic OH excluding ortho intramolecular Hbond substituents is 1. The van der Waals surface area contributed by atoms with Gasteiger partial charge in [-0.05, 0) is 17.7 Å². The van der Waals surface area contributed by atoms with Crippen molar-refractivity contribution in [3.05, 3.63) is 36.2 Å². The molecule has 0 unspecified atom stereocenters. The van der Waals surface area contributed by atoms with Crippen LogP contribution in [0.5, 0.6) is 5.75 Å². The van der Waals surface area contributed by atoms with Gasteiger partial charge in [0.05, 0.1) is 18.3 Å². The molecule has 0 aliphatic rings. The van der Waals surface area contributed by atoms with Gasteiger partial charge in [0.2, 0.25) is 0 Å². The van der Waals surface area contributed by atoms with Crippen LogP contribution in [0, 0.1) is 0 Å². The third-order valence-electron chi connectivity index (χ3n) is 2.56. The van der Waals surface area contributed by atoms with Crippen LogP contribution < -0.4 is 0 Å². The number of aromatic hydroxyl groups is 1. The summed E-state index contributed by atoms with van der Waals surface area (Å²) in [5.74, 6) is -0.717. The zero-order chi connectivity index (χ0) is 12.4. The van der Waals surface area contributed by atoms with Gasteiger partial charge in [-0.25, -0.2) is 0 Å². The average Bonchev–Trinajstić information content (AvgIpc) is 2.61. The molecular weight excluding hydrogens is 220 g/mol. The van der Waals surface area contributed by atoms with E-state index in [2.05, 4.69) is 5.10 Å². The van der Waals surface area contributed by atoms with Crippen molar-refractivity contribution in [3.8, 4) is 16.9 Å². The maximum Gasteiger partial charge on any atom is 0.309 e. The predicted molar refractivity (Wildman–Crippen MR) is 61.6 cm³/mol. The molecule has 2 aromatic rings. The molecular formula is C12H12N2O3. The first-order valence-corrected chi connectivity index (χ1v) is 5.10. The molecule has 0 saturated carbocycles. The lowest BCUT2D eigenvalue weighted by Gasteiger charge is -2.04. The highest BCUT2D eigenvalue weighted by Crippen LogP contribution is 2.25. The minimum atomic E-state index is -0.895. The lowest BCUT2D eigenvalue weighted by atomic mass is 10.0. The summed E-state index contributed by atoms with van der Waals surface area (Å²) in [6.45, 7) is 0. The number of aromatic nitrogens is 2. The number of carboxylic acid groups (broad SMARTS) is 1. The fourth-order valence-corrected chi connectivity index (χ4v) is 1.70. The van der Waals surface area contributed by atoms with E-state index >= 15 is 0 Å². The fraction of sp³-hybridized carbons (Fsp3) is 0.167. The quantitative estimate of drug-likeness (QED) is 0.839. The Labute approximate surface area is 97.9 Å². The topological polar surface area (TPSA) is 75.3 Å². The minimum Gasteiger partial charge on any atom is -0.508 e. The number of carboxylic acids is 1. The highest BCUT2D eigenvalue weighted by Gasteiger charge is 2.13. The van der Waals surface area contributed by atoms with Crippen molar-refractivity contribution in [3.63, 3.8) is 0 Å². The number of hydrogen-bond donors (Lipinski definition) is 2. The molecule has 17 heavy (non-hydrogen) atoms. The van der Waals surface area contributed by atoms with Crippen molar-refractivity contribution in [1.29, 1.82) is 0 Å². The molecule has 1 aromatic heterocycles. The average molecular weight is 232 g/mol. The van der Waals surface area contributed by atoms with Crippen LogP contribution in [-0.2, 0) is 18.3 Å². The Kier molecular flexibility index (Phi) is 2.82. The number of aryl methyl sites for hydroxylation is 1. The Morgan fingerprint density at radius 1 is 1.35 bits per heavy atom. The maximum atomic E-state index is 10.8. The van der Waals surface area contributed by atoms with E-state index < -0.39 is 5.97 Å². The Hall–Kier alpha value is -2.30. The van der Waals surface area contributed by atoms with Gasteiger partial charge in [0.1, 0.15) is 5.75 Å². The minimum absolute atomic E-state index is 0.0767.